The van der Waals surface area contributed by atoms with Crippen molar-refractivity contribution in [2.24, 2.45) is 0 Å². The number of nitrogens with one attached hydrogen (secondary N) is 1. The number of pyridine rings is 1. The van der Waals surface area contributed by atoms with Crippen LogP contribution in [0.4, 0.5) is 24.9 Å². The first-order valence-corrected chi connectivity index (χ1v) is 8.25. The first kappa shape index (κ1) is 16.3. The van der Waals surface area contributed by atoms with Crippen LogP contribution >= 0.6 is 0 Å². The predicted molar refractivity (Wildman–Crippen MR) is 85.9 cm³/mol. The molecule has 0 amide bonds. The van der Waals surface area contributed by atoms with E-state index >= 15 is 0 Å². The van der Waals surface area contributed by atoms with Crippen LogP contribution in [0.2, 0.25) is 0 Å². The molecule has 3 N–H and O–H groups in total. The van der Waals surface area contributed by atoms with Crippen LogP contribution in [0.15, 0.2) is 12.4 Å². The van der Waals surface area contributed by atoms with E-state index in [2.05, 4.69) is 20.3 Å². The second kappa shape index (κ2) is 5.69. The molecule has 1 aliphatic carbocycles. The number of ether oxygens (including phenoxy) is 1. The highest BCUT2D eigenvalue weighted by Gasteiger charge is 2.41. The fourth-order valence-corrected chi connectivity index (χ4v) is 3.57. The summed E-state index contributed by atoms with van der Waals surface area (Å²) in [6, 6.07) is 0.126. The molecular weight excluding hydrogens is 335 g/mol. The van der Waals surface area contributed by atoms with Crippen LogP contribution < -0.4 is 11.1 Å². The van der Waals surface area contributed by atoms with Crippen molar-refractivity contribution >= 4 is 22.7 Å². The molecule has 1 spiro atoms. The van der Waals surface area contributed by atoms with Gasteiger partial charge in [-0.15, -0.1) is 0 Å². The fourth-order valence-electron chi connectivity index (χ4n) is 3.57. The number of aromatic nitrogens is 3. The van der Waals surface area contributed by atoms with Crippen molar-refractivity contribution in [2.45, 2.75) is 49.9 Å². The first-order valence-electron chi connectivity index (χ1n) is 8.25. The highest BCUT2D eigenvalue weighted by molar-refractivity contribution is 5.90. The maximum absolute atomic E-state index is 13.2. The number of fused-ring (bicyclic) bond motifs is 1. The average molecular weight is 353 g/mol. The Labute approximate surface area is 142 Å². The number of rotatable bonds is 2. The summed E-state index contributed by atoms with van der Waals surface area (Å²) >= 11 is 0. The van der Waals surface area contributed by atoms with Crippen molar-refractivity contribution in [1.29, 1.82) is 0 Å². The molecule has 1 saturated heterocycles. The summed E-state index contributed by atoms with van der Waals surface area (Å²) in [4.78, 5) is 11.8. The van der Waals surface area contributed by atoms with Gasteiger partial charge in [-0.3, -0.25) is 0 Å². The lowest BCUT2D eigenvalue weighted by atomic mass is 9.77. The maximum atomic E-state index is 13.2. The van der Waals surface area contributed by atoms with Gasteiger partial charge in [-0.05, 0) is 32.1 Å². The number of nitrogens with two attached hydrogens (primary N) is 1. The van der Waals surface area contributed by atoms with Crippen molar-refractivity contribution in [3.8, 4) is 0 Å². The maximum Gasteiger partial charge on any atom is 0.419 e. The quantitative estimate of drug-likeness (QED) is 0.863. The monoisotopic (exact) mass is 353 g/mol. The van der Waals surface area contributed by atoms with Gasteiger partial charge in [0, 0.05) is 18.4 Å². The Balaban J connectivity index is 1.58. The fraction of sp³-hybridized carbons (Fsp3) is 0.562. The zero-order chi connectivity index (χ0) is 17.7. The van der Waals surface area contributed by atoms with E-state index < -0.39 is 11.7 Å². The van der Waals surface area contributed by atoms with Gasteiger partial charge in [0.2, 0.25) is 5.95 Å². The molecule has 9 heteroatoms. The Hall–Kier alpha value is -2.16. The van der Waals surface area contributed by atoms with Gasteiger partial charge >= 0.3 is 6.18 Å². The van der Waals surface area contributed by atoms with Gasteiger partial charge in [-0.1, -0.05) is 0 Å². The summed E-state index contributed by atoms with van der Waals surface area (Å²) in [5, 5.41) is 3.25. The molecule has 0 unspecified atom stereocenters. The number of halogens is 3. The summed E-state index contributed by atoms with van der Waals surface area (Å²) in [6.07, 6.45) is 2.20. The summed E-state index contributed by atoms with van der Waals surface area (Å²) in [5.74, 6) is 0.162. The van der Waals surface area contributed by atoms with E-state index in [1.165, 1.54) is 6.20 Å². The third-order valence-electron chi connectivity index (χ3n) is 5.15. The van der Waals surface area contributed by atoms with Gasteiger partial charge < -0.3 is 15.8 Å². The van der Waals surface area contributed by atoms with Crippen LogP contribution in [0.25, 0.3) is 10.9 Å². The van der Waals surface area contributed by atoms with Gasteiger partial charge in [0.05, 0.1) is 23.1 Å². The predicted octanol–water partition coefficient (Wildman–Crippen LogP) is 3.14. The highest BCUT2D eigenvalue weighted by Crippen LogP contribution is 2.41. The first-order chi connectivity index (χ1) is 11.9. The molecule has 2 aromatic heterocycles. The largest absolute Gasteiger partial charge is 0.419 e. The number of anilines is 2. The molecule has 1 aliphatic heterocycles. The minimum absolute atomic E-state index is 0.0173. The number of hydrogen-bond donors (Lipinski definition) is 2. The number of hydrogen-bond acceptors (Lipinski definition) is 6. The molecule has 0 aromatic carbocycles. The van der Waals surface area contributed by atoms with Crippen LogP contribution in [0, 0.1) is 0 Å². The van der Waals surface area contributed by atoms with Gasteiger partial charge in [0.15, 0.2) is 0 Å². The van der Waals surface area contributed by atoms with E-state index in [0.717, 1.165) is 38.7 Å². The van der Waals surface area contributed by atoms with E-state index in [9.17, 15) is 13.2 Å². The van der Waals surface area contributed by atoms with Crippen LogP contribution in [-0.2, 0) is 10.9 Å². The van der Waals surface area contributed by atoms with Crippen LogP contribution in [0.5, 0.6) is 0 Å². The summed E-state index contributed by atoms with van der Waals surface area (Å²) in [6.45, 7) is 0.821. The number of alkyl halides is 3. The van der Waals surface area contributed by atoms with Crippen LogP contribution in [0.3, 0.4) is 0 Å². The molecule has 4 rings (SSSR count). The Kier molecular flexibility index (Phi) is 3.71. The lowest BCUT2D eigenvalue weighted by Gasteiger charge is -2.46. The number of nitrogen functional groups attached to an aromatic ring is 1. The SMILES string of the molecule is Nc1ncc(C(F)(F)F)c2nc(N[C@H]3CC[C@]4(CCO4)CC3)ncc12. The molecule has 2 aromatic rings. The zero-order valence-corrected chi connectivity index (χ0v) is 13.4. The molecule has 0 radical (unpaired) electrons. The molecule has 6 nitrogen and oxygen atoms in total. The minimum Gasteiger partial charge on any atom is -0.383 e. The van der Waals surface area contributed by atoms with Crippen molar-refractivity contribution in [3.05, 3.63) is 18.0 Å². The molecule has 1 saturated carbocycles. The third kappa shape index (κ3) is 2.97. The standard InChI is InChI=1S/C16H18F3N5O/c17-16(18,19)11-8-21-13(20)10-7-22-14(24-12(10)11)23-9-1-3-15(4-2-9)5-6-25-15/h7-9H,1-6H2,(H2,20,21)(H,22,23,24)/t9-,15+. The zero-order valence-electron chi connectivity index (χ0n) is 13.4. The van der Waals surface area contributed by atoms with Gasteiger partial charge in [0.25, 0.3) is 0 Å². The van der Waals surface area contributed by atoms with E-state index in [0.29, 0.717) is 6.20 Å². The molecular formula is C16H18F3N5O. The third-order valence-corrected chi connectivity index (χ3v) is 5.15. The Bertz CT molecular complexity index is 796. The summed E-state index contributed by atoms with van der Waals surface area (Å²) in [5.41, 5.74) is 4.56. The van der Waals surface area contributed by atoms with Crippen molar-refractivity contribution in [1.82, 2.24) is 15.0 Å². The second-order valence-electron chi connectivity index (χ2n) is 6.71. The Morgan fingerprint density at radius 1 is 1.16 bits per heavy atom. The summed E-state index contributed by atoms with van der Waals surface area (Å²) in [7, 11) is 0. The average Bonchev–Trinajstić information content (AvgIpc) is 2.53. The Morgan fingerprint density at radius 3 is 2.48 bits per heavy atom. The normalized spacial score (nSPS) is 26.6. The molecule has 2 aliphatic rings. The van der Waals surface area contributed by atoms with Crippen LogP contribution in [-0.4, -0.2) is 33.2 Å². The smallest absolute Gasteiger partial charge is 0.383 e. The van der Waals surface area contributed by atoms with Crippen molar-refractivity contribution in [2.75, 3.05) is 17.7 Å². The van der Waals surface area contributed by atoms with Crippen LogP contribution in [0.1, 0.15) is 37.7 Å². The molecule has 2 fully saturated rings. The minimum atomic E-state index is -4.55. The van der Waals surface area contributed by atoms with Gasteiger partial charge in [-0.2, -0.15) is 13.2 Å². The lowest BCUT2D eigenvalue weighted by molar-refractivity contribution is -0.165. The highest BCUT2D eigenvalue weighted by atomic mass is 19.4. The van der Waals surface area contributed by atoms with E-state index in [4.69, 9.17) is 10.5 Å². The molecule has 25 heavy (non-hydrogen) atoms. The molecule has 0 bridgehead atoms. The van der Waals surface area contributed by atoms with Gasteiger partial charge in [0.1, 0.15) is 11.4 Å². The summed E-state index contributed by atoms with van der Waals surface area (Å²) < 4.78 is 45.3. The van der Waals surface area contributed by atoms with Gasteiger partial charge in [-0.25, -0.2) is 15.0 Å². The number of nitrogens with zero attached hydrogens (tertiary/aromatic N) is 3. The van der Waals surface area contributed by atoms with Crippen molar-refractivity contribution < 1.29 is 17.9 Å². The Morgan fingerprint density at radius 2 is 1.88 bits per heavy atom. The van der Waals surface area contributed by atoms with E-state index in [-0.39, 0.29) is 34.3 Å². The topological polar surface area (TPSA) is 86.0 Å². The van der Waals surface area contributed by atoms with Crippen molar-refractivity contribution in [3.63, 3.8) is 0 Å². The molecule has 0 atom stereocenters. The van der Waals surface area contributed by atoms with E-state index in [1.54, 1.807) is 0 Å². The molecule has 3 heterocycles. The molecule has 134 valence electrons. The lowest BCUT2D eigenvalue weighted by Crippen LogP contribution is -2.48. The van der Waals surface area contributed by atoms with E-state index in [1.807, 2.05) is 0 Å². The second-order valence-corrected chi connectivity index (χ2v) is 6.71.